The molecule has 0 bridgehead atoms. The first-order chi connectivity index (χ1) is 14.5. The lowest BCUT2D eigenvalue weighted by molar-refractivity contribution is -0.137. The van der Waals surface area contributed by atoms with Gasteiger partial charge in [0.2, 0.25) is 0 Å². The molecule has 31 heavy (non-hydrogen) atoms. The van der Waals surface area contributed by atoms with E-state index in [1.54, 1.807) is 0 Å². The number of carbonyl (C=O) groups is 2. The number of rotatable bonds is 4. The summed E-state index contributed by atoms with van der Waals surface area (Å²) in [5, 5.41) is 4.64. The maximum atomic E-state index is 13.5. The Bertz CT molecular complexity index is 1170. The predicted molar refractivity (Wildman–Crippen MR) is 103 cm³/mol. The number of amides is 2. The molecule has 1 aromatic heterocycles. The highest BCUT2D eigenvalue weighted by Gasteiger charge is 2.32. The summed E-state index contributed by atoms with van der Waals surface area (Å²) in [6.07, 6.45) is -2.70. The van der Waals surface area contributed by atoms with E-state index >= 15 is 0 Å². The van der Waals surface area contributed by atoms with Gasteiger partial charge in [-0.15, -0.1) is 0 Å². The molecule has 0 radical (unpaired) electrons. The monoisotopic (exact) mass is 455 g/mol. The maximum Gasteiger partial charge on any atom is 0.416 e. The van der Waals surface area contributed by atoms with Gasteiger partial charge in [0.15, 0.2) is 0 Å². The molecule has 0 fully saturated rings. The first kappa shape index (κ1) is 22.2. The third-order valence-electron chi connectivity index (χ3n) is 3.92. The second-order valence-electron chi connectivity index (χ2n) is 6.22. The molecule has 0 saturated heterocycles. The van der Waals surface area contributed by atoms with Crippen LogP contribution in [0.25, 0.3) is 0 Å². The molecule has 11 heteroatoms. The number of hydrogen-bond acceptors (Lipinski definition) is 3. The molecule has 0 aliphatic heterocycles. The molecule has 0 atom stereocenters. The van der Waals surface area contributed by atoms with Gasteiger partial charge >= 0.3 is 6.18 Å². The van der Waals surface area contributed by atoms with Crippen molar-refractivity contribution in [1.29, 1.82) is 0 Å². The number of alkyl halides is 3. The molecular formula is C20H11ClF5N3O2. The van der Waals surface area contributed by atoms with Crippen molar-refractivity contribution in [3.05, 3.63) is 88.2 Å². The van der Waals surface area contributed by atoms with Crippen molar-refractivity contribution in [2.24, 2.45) is 0 Å². The average molecular weight is 456 g/mol. The van der Waals surface area contributed by atoms with E-state index in [9.17, 15) is 31.5 Å². The number of halogens is 6. The van der Waals surface area contributed by atoms with Crippen molar-refractivity contribution in [2.45, 2.75) is 6.18 Å². The molecule has 0 unspecified atom stereocenters. The minimum absolute atomic E-state index is 0.00902. The van der Waals surface area contributed by atoms with Crippen molar-refractivity contribution < 1.29 is 31.5 Å². The summed E-state index contributed by atoms with van der Waals surface area (Å²) in [5.74, 6) is -3.70. The van der Waals surface area contributed by atoms with E-state index in [0.29, 0.717) is 12.1 Å². The molecular weight excluding hydrogens is 445 g/mol. The standard InChI is InChI=1S/C20H11ClF5N3O2/c21-17-2-1-14(7-16(17)19(31)29-15-6-13(23)8-27-9-15)28-18(30)10-3-11(20(24,25)26)5-12(22)4-10/h1-9H,(H,28,30)(H,29,31). The Morgan fingerprint density at radius 1 is 0.839 bits per heavy atom. The number of nitrogens with one attached hydrogen (secondary N) is 2. The van der Waals surface area contributed by atoms with E-state index < -0.39 is 40.8 Å². The van der Waals surface area contributed by atoms with Gasteiger partial charge in [-0.25, -0.2) is 8.78 Å². The van der Waals surface area contributed by atoms with Crippen LogP contribution in [0.5, 0.6) is 0 Å². The summed E-state index contributed by atoms with van der Waals surface area (Å²) < 4.78 is 65.3. The lowest BCUT2D eigenvalue weighted by Gasteiger charge is -2.12. The summed E-state index contributed by atoms with van der Waals surface area (Å²) >= 11 is 6.00. The van der Waals surface area contributed by atoms with Gasteiger partial charge < -0.3 is 10.6 Å². The quantitative estimate of drug-likeness (QED) is 0.508. The second-order valence-corrected chi connectivity index (χ2v) is 6.63. The molecule has 0 saturated carbocycles. The number of anilines is 2. The van der Waals surface area contributed by atoms with Crippen LogP contribution in [-0.4, -0.2) is 16.8 Å². The highest BCUT2D eigenvalue weighted by atomic mass is 35.5. The molecule has 160 valence electrons. The highest BCUT2D eigenvalue weighted by Crippen LogP contribution is 2.31. The molecule has 3 rings (SSSR count). The van der Waals surface area contributed by atoms with Gasteiger partial charge in [-0.2, -0.15) is 13.2 Å². The third kappa shape index (κ3) is 5.54. The Kier molecular flexibility index (Phi) is 6.21. The van der Waals surface area contributed by atoms with Crippen LogP contribution in [0.2, 0.25) is 5.02 Å². The molecule has 0 spiro atoms. The predicted octanol–water partition coefficient (Wildman–Crippen LogP) is 5.54. The average Bonchev–Trinajstić information content (AvgIpc) is 2.68. The van der Waals surface area contributed by atoms with Gasteiger partial charge in [0, 0.05) is 17.3 Å². The van der Waals surface area contributed by atoms with E-state index in [2.05, 4.69) is 15.6 Å². The van der Waals surface area contributed by atoms with Crippen LogP contribution >= 0.6 is 11.6 Å². The fraction of sp³-hybridized carbons (Fsp3) is 0.0500. The van der Waals surface area contributed by atoms with Crippen LogP contribution in [0.4, 0.5) is 33.3 Å². The SMILES string of the molecule is O=C(Nc1ccc(Cl)c(C(=O)Nc2cncc(F)c2)c1)c1cc(F)cc(C(F)(F)F)c1. The van der Waals surface area contributed by atoms with Crippen LogP contribution in [0, 0.1) is 11.6 Å². The van der Waals surface area contributed by atoms with Gasteiger partial charge in [0.05, 0.1) is 34.2 Å². The minimum atomic E-state index is -4.84. The van der Waals surface area contributed by atoms with Gasteiger partial charge in [-0.05, 0) is 36.4 Å². The molecule has 5 nitrogen and oxygen atoms in total. The van der Waals surface area contributed by atoms with Crippen molar-refractivity contribution in [1.82, 2.24) is 4.98 Å². The van der Waals surface area contributed by atoms with Gasteiger partial charge in [-0.1, -0.05) is 11.6 Å². The summed E-state index contributed by atoms with van der Waals surface area (Å²) in [4.78, 5) is 28.3. The number of nitrogens with zero attached hydrogens (tertiary/aromatic N) is 1. The van der Waals surface area contributed by atoms with E-state index in [1.165, 1.54) is 18.3 Å². The number of pyridine rings is 1. The number of carbonyl (C=O) groups excluding carboxylic acids is 2. The van der Waals surface area contributed by atoms with E-state index in [-0.39, 0.29) is 28.0 Å². The fourth-order valence-electron chi connectivity index (χ4n) is 2.54. The Morgan fingerprint density at radius 3 is 2.23 bits per heavy atom. The largest absolute Gasteiger partial charge is 0.416 e. The zero-order valence-electron chi connectivity index (χ0n) is 15.2. The third-order valence-corrected chi connectivity index (χ3v) is 4.25. The van der Waals surface area contributed by atoms with E-state index in [4.69, 9.17) is 11.6 Å². The first-order valence-corrected chi connectivity index (χ1v) is 8.81. The number of aromatic nitrogens is 1. The minimum Gasteiger partial charge on any atom is -0.322 e. The van der Waals surface area contributed by atoms with Gasteiger partial charge in [0.25, 0.3) is 11.8 Å². The van der Waals surface area contributed by atoms with Crippen LogP contribution < -0.4 is 10.6 Å². The smallest absolute Gasteiger partial charge is 0.322 e. The first-order valence-electron chi connectivity index (χ1n) is 8.43. The molecule has 2 amide bonds. The number of benzene rings is 2. The molecule has 2 aromatic carbocycles. The summed E-state index contributed by atoms with van der Waals surface area (Å²) in [7, 11) is 0. The van der Waals surface area contributed by atoms with E-state index in [1.807, 2.05) is 0 Å². The molecule has 2 N–H and O–H groups in total. The fourth-order valence-corrected chi connectivity index (χ4v) is 2.75. The van der Waals surface area contributed by atoms with Gasteiger partial charge in [-0.3, -0.25) is 14.6 Å². The highest BCUT2D eigenvalue weighted by molar-refractivity contribution is 6.34. The summed E-state index contributed by atoms with van der Waals surface area (Å²) in [6, 6.07) is 6.15. The number of hydrogen-bond donors (Lipinski definition) is 2. The Hall–Kier alpha value is -3.53. The Morgan fingerprint density at radius 2 is 1.55 bits per heavy atom. The van der Waals surface area contributed by atoms with Crippen molar-refractivity contribution >= 4 is 34.8 Å². The topological polar surface area (TPSA) is 71.1 Å². The van der Waals surface area contributed by atoms with Crippen molar-refractivity contribution in [2.75, 3.05) is 10.6 Å². The maximum absolute atomic E-state index is 13.5. The van der Waals surface area contributed by atoms with Crippen LogP contribution in [0.1, 0.15) is 26.3 Å². The van der Waals surface area contributed by atoms with Gasteiger partial charge in [0.1, 0.15) is 11.6 Å². The zero-order valence-corrected chi connectivity index (χ0v) is 16.0. The van der Waals surface area contributed by atoms with Crippen LogP contribution in [0.3, 0.4) is 0 Å². The van der Waals surface area contributed by atoms with Crippen molar-refractivity contribution in [3.8, 4) is 0 Å². The summed E-state index contributed by atoms with van der Waals surface area (Å²) in [6.45, 7) is 0. The lowest BCUT2D eigenvalue weighted by Crippen LogP contribution is -2.16. The van der Waals surface area contributed by atoms with Crippen LogP contribution in [-0.2, 0) is 6.18 Å². The lowest BCUT2D eigenvalue weighted by atomic mass is 10.1. The normalized spacial score (nSPS) is 11.2. The Labute approximate surface area is 176 Å². The molecule has 1 heterocycles. The molecule has 3 aromatic rings. The van der Waals surface area contributed by atoms with E-state index in [0.717, 1.165) is 18.3 Å². The zero-order chi connectivity index (χ0) is 22.8. The summed E-state index contributed by atoms with van der Waals surface area (Å²) in [5.41, 5.74) is -1.94. The molecule has 0 aliphatic rings. The Balaban J connectivity index is 1.83. The molecule has 0 aliphatic carbocycles. The second kappa shape index (κ2) is 8.68. The van der Waals surface area contributed by atoms with Crippen LogP contribution in [0.15, 0.2) is 54.9 Å². The van der Waals surface area contributed by atoms with Crippen molar-refractivity contribution in [3.63, 3.8) is 0 Å².